The van der Waals surface area contributed by atoms with E-state index in [1.54, 1.807) is 6.92 Å². The molecule has 2 unspecified atom stereocenters. The molecule has 0 radical (unpaired) electrons. The molecular weight excluding hydrogens is 314 g/mol. The summed E-state index contributed by atoms with van der Waals surface area (Å²) in [6.07, 6.45) is -0.148. The fraction of sp³-hybridized carbons (Fsp3) is 0.350. The zero-order valence-electron chi connectivity index (χ0n) is 15.1. The number of benzene rings is 2. The second-order valence-corrected chi connectivity index (χ2v) is 6.21. The SMILES string of the molecule is CCN(C)c1cccc(NC(=O)NC(C)C(O)Cc2ccccc2)c1. The molecule has 5 heteroatoms. The number of carbonyl (C=O) groups is 1. The Morgan fingerprint density at radius 3 is 2.56 bits per heavy atom. The molecule has 2 rings (SSSR count). The number of amides is 2. The Bertz CT molecular complexity index is 676. The summed E-state index contributed by atoms with van der Waals surface area (Å²) < 4.78 is 0. The Morgan fingerprint density at radius 1 is 1.16 bits per heavy atom. The van der Waals surface area contributed by atoms with Crippen molar-refractivity contribution < 1.29 is 9.90 Å². The number of aliphatic hydroxyl groups excluding tert-OH is 1. The summed E-state index contributed by atoms with van der Waals surface area (Å²) in [4.78, 5) is 14.3. The number of hydrogen-bond acceptors (Lipinski definition) is 3. The van der Waals surface area contributed by atoms with E-state index in [0.29, 0.717) is 6.42 Å². The van der Waals surface area contributed by atoms with Gasteiger partial charge in [0.2, 0.25) is 0 Å². The Kier molecular flexibility index (Phi) is 6.83. The van der Waals surface area contributed by atoms with Gasteiger partial charge >= 0.3 is 6.03 Å². The number of carbonyl (C=O) groups excluding carboxylic acids is 1. The number of anilines is 2. The molecule has 0 spiro atoms. The smallest absolute Gasteiger partial charge is 0.319 e. The van der Waals surface area contributed by atoms with Crippen molar-refractivity contribution in [2.75, 3.05) is 23.8 Å². The lowest BCUT2D eigenvalue weighted by Gasteiger charge is -2.21. The third-order valence-corrected chi connectivity index (χ3v) is 4.24. The van der Waals surface area contributed by atoms with Crippen molar-refractivity contribution in [3.8, 4) is 0 Å². The highest BCUT2D eigenvalue weighted by Crippen LogP contribution is 2.18. The predicted molar refractivity (Wildman–Crippen MR) is 103 cm³/mol. The third-order valence-electron chi connectivity index (χ3n) is 4.24. The summed E-state index contributed by atoms with van der Waals surface area (Å²) >= 11 is 0. The fourth-order valence-electron chi connectivity index (χ4n) is 2.51. The summed E-state index contributed by atoms with van der Waals surface area (Å²) in [5.41, 5.74) is 2.80. The maximum absolute atomic E-state index is 12.2. The van der Waals surface area contributed by atoms with E-state index in [-0.39, 0.29) is 12.1 Å². The lowest BCUT2D eigenvalue weighted by molar-refractivity contribution is 0.137. The molecule has 0 fully saturated rings. The Morgan fingerprint density at radius 2 is 1.88 bits per heavy atom. The molecule has 0 aromatic heterocycles. The minimum absolute atomic E-state index is 0.323. The van der Waals surface area contributed by atoms with Gasteiger partial charge in [-0.15, -0.1) is 0 Å². The fourth-order valence-corrected chi connectivity index (χ4v) is 2.51. The van der Waals surface area contributed by atoms with Crippen LogP contribution < -0.4 is 15.5 Å². The van der Waals surface area contributed by atoms with Gasteiger partial charge in [-0.05, 0) is 37.6 Å². The van der Waals surface area contributed by atoms with Crippen LogP contribution in [0.3, 0.4) is 0 Å². The standard InChI is InChI=1S/C20H27N3O2/c1-4-23(3)18-12-8-11-17(14-18)22-20(25)21-15(2)19(24)13-16-9-6-5-7-10-16/h5-12,14-15,19,24H,4,13H2,1-3H3,(H2,21,22,25). The van der Waals surface area contributed by atoms with Gasteiger partial charge in [-0.1, -0.05) is 36.4 Å². The van der Waals surface area contributed by atoms with Crippen molar-refractivity contribution in [3.05, 3.63) is 60.2 Å². The molecule has 2 amide bonds. The zero-order chi connectivity index (χ0) is 18.2. The van der Waals surface area contributed by atoms with Gasteiger partial charge in [0.05, 0.1) is 12.1 Å². The molecular formula is C20H27N3O2. The van der Waals surface area contributed by atoms with Crippen LogP contribution in [0, 0.1) is 0 Å². The molecule has 0 saturated heterocycles. The first kappa shape index (κ1) is 18.8. The highest BCUT2D eigenvalue weighted by molar-refractivity contribution is 5.90. The van der Waals surface area contributed by atoms with Gasteiger partial charge in [0, 0.05) is 31.4 Å². The van der Waals surface area contributed by atoms with Crippen molar-refractivity contribution in [1.82, 2.24) is 5.32 Å². The minimum Gasteiger partial charge on any atom is -0.391 e. The number of nitrogens with zero attached hydrogens (tertiary/aromatic N) is 1. The van der Waals surface area contributed by atoms with Crippen molar-refractivity contribution in [2.45, 2.75) is 32.4 Å². The van der Waals surface area contributed by atoms with Crippen LogP contribution in [0.25, 0.3) is 0 Å². The number of hydrogen-bond donors (Lipinski definition) is 3. The quantitative estimate of drug-likeness (QED) is 0.724. The van der Waals surface area contributed by atoms with E-state index in [0.717, 1.165) is 23.5 Å². The predicted octanol–water partition coefficient (Wildman–Crippen LogP) is 3.26. The van der Waals surface area contributed by atoms with E-state index in [4.69, 9.17) is 0 Å². The molecule has 0 aliphatic heterocycles. The average molecular weight is 341 g/mol. The van der Waals surface area contributed by atoms with Crippen molar-refractivity contribution in [2.24, 2.45) is 0 Å². The van der Waals surface area contributed by atoms with E-state index in [1.807, 2.05) is 61.6 Å². The maximum atomic E-state index is 12.2. The molecule has 0 aliphatic carbocycles. The maximum Gasteiger partial charge on any atom is 0.319 e. The van der Waals surface area contributed by atoms with Crippen LogP contribution in [0.2, 0.25) is 0 Å². The van der Waals surface area contributed by atoms with Crippen molar-refractivity contribution >= 4 is 17.4 Å². The summed E-state index contributed by atoms with van der Waals surface area (Å²) in [7, 11) is 2.00. The molecule has 25 heavy (non-hydrogen) atoms. The molecule has 5 nitrogen and oxygen atoms in total. The summed E-state index contributed by atoms with van der Waals surface area (Å²) in [6, 6.07) is 16.7. The van der Waals surface area contributed by atoms with Crippen LogP contribution in [0.1, 0.15) is 19.4 Å². The van der Waals surface area contributed by atoms with Crippen LogP contribution in [-0.4, -0.2) is 36.9 Å². The van der Waals surface area contributed by atoms with E-state index in [2.05, 4.69) is 22.5 Å². The van der Waals surface area contributed by atoms with E-state index in [9.17, 15) is 9.90 Å². The summed E-state index contributed by atoms with van der Waals surface area (Å²) in [6.45, 7) is 4.76. The van der Waals surface area contributed by atoms with Gasteiger partial charge in [-0.2, -0.15) is 0 Å². The van der Waals surface area contributed by atoms with Crippen LogP contribution in [0.15, 0.2) is 54.6 Å². The monoisotopic (exact) mass is 341 g/mol. The topological polar surface area (TPSA) is 64.6 Å². The second kappa shape index (κ2) is 9.08. The molecule has 134 valence electrons. The number of nitrogens with one attached hydrogen (secondary N) is 2. The Labute approximate surface area is 149 Å². The Hall–Kier alpha value is -2.53. The van der Waals surface area contributed by atoms with Crippen LogP contribution in [-0.2, 0) is 6.42 Å². The van der Waals surface area contributed by atoms with Gasteiger partial charge in [0.15, 0.2) is 0 Å². The number of aliphatic hydroxyl groups is 1. The minimum atomic E-state index is -0.647. The van der Waals surface area contributed by atoms with E-state index >= 15 is 0 Å². The lowest BCUT2D eigenvalue weighted by Crippen LogP contribution is -2.44. The molecule has 3 N–H and O–H groups in total. The number of urea groups is 1. The molecule has 2 aromatic carbocycles. The van der Waals surface area contributed by atoms with E-state index in [1.165, 1.54) is 0 Å². The van der Waals surface area contributed by atoms with Gasteiger partial charge in [0.1, 0.15) is 0 Å². The van der Waals surface area contributed by atoms with Gasteiger partial charge in [0.25, 0.3) is 0 Å². The van der Waals surface area contributed by atoms with Gasteiger partial charge in [-0.3, -0.25) is 0 Å². The largest absolute Gasteiger partial charge is 0.391 e. The van der Waals surface area contributed by atoms with Crippen LogP contribution in [0.5, 0.6) is 0 Å². The van der Waals surface area contributed by atoms with Crippen molar-refractivity contribution in [1.29, 1.82) is 0 Å². The average Bonchev–Trinajstić information content (AvgIpc) is 2.61. The van der Waals surface area contributed by atoms with Crippen LogP contribution >= 0.6 is 0 Å². The molecule has 2 aromatic rings. The first-order chi connectivity index (χ1) is 12.0. The third kappa shape index (κ3) is 5.80. The summed E-state index contributed by atoms with van der Waals surface area (Å²) in [5.74, 6) is 0. The van der Waals surface area contributed by atoms with Crippen LogP contribution in [0.4, 0.5) is 16.2 Å². The summed E-state index contributed by atoms with van der Waals surface area (Å²) in [5, 5.41) is 15.9. The van der Waals surface area contributed by atoms with Crippen molar-refractivity contribution in [3.63, 3.8) is 0 Å². The molecule has 2 atom stereocenters. The first-order valence-electron chi connectivity index (χ1n) is 8.60. The van der Waals surface area contributed by atoms with E-state index < -0.39 is 6.10 Å². The lowest BCUT2D eigenvalue weighted by atomic mass is 10.0. The Balaban J connectivity index is 1.89. The molecule has 0 heterocycles. The molecule has 0 bridgehead atoms. The van der Waals surface area contributed by atoms with Gasteiger partial charge in [-0.25, -0.2) is 4.79 Å². The second-order valence-electron chi connectivity index (χ2n) is 6.21. The highest BCUT2D eigenvalue weighted by atomic mass is 16.3. The zero-order valence-corrected chi connectivity index (χ0v) is 15.1. The highest BCUT2D eigenvalue weighted by Gasteiger charge is 2.17. The molecule has 0 saturated carbocycles. The van der Waals surface area contributed by atoms with Gasteiger partial charge < -0.3 is 20.6 Å². The first-order valence-corrected chi connectivity index (χ1v) is 8.60. The molecule has 0 aliphatic rings. The normalized spacial score (nSPS) is 13.0. The number of rotatable bonds is 7.